The van der Waals surface area contributed by atoms with Crippen molar-refractivity contribution in [2.24, 2.45) is 13.0 Å². The number of nitrogens with zero attached hydrogens (tertiary/aromatic N) is 1. The van der Waals surface area contributed by atoms with Crippen molar-refractivity contribution in [3.05, 3.63) is 45.7 Å². The van der Waals surface area contributed by atoms with E-state index in [1.807, 2.05) is 30.5 Å². The van der Waals surface area contributed by atoms with Crippen molar-refractivity contribution < 1.29 is 17.9 Å². The number of hydrogen-bond acceptors (Lipinski definition) is 6. The molecule has 0 amide bonds. The van der Waals surface area contributed by atoms with Crippen LogP contribution in [-0.4, -0.2) is 40.0 Å². The lowest BCUT2D eigenvalue weighted by atomic mass is 9.96. The molecule has 180 valence electrons. The van der Waals surface area contributed by atoms with Crippen LogP contribution < -0.4 is 19.8 Å². The highest BCUT2D eigenvalue weighted by atomic mass is 32.2. The average Bonchev–Trinajstić information content (AvgIpc) is 3.21. The summed E-state index contributed by atoms with van der Waals surface area (Å²) in [6.45, 7) is 2.58. The van der Waals surface area contributed by atoms with Gasteiger partial charge in [-0.15, -0.1) is 11.3 Å². The highest BCUT2D eigenvalue weighted by Crippen LogP contribution is 2.38. The number of nitrogens with one attached hydrogen (secondary N) is 1. The summed E-state index contributed by atoms with van der Waals surface area (Å²) in [6.07, 6.45) is 6.63. The molecule has 3 rings (SSSR count). The lowest BCUT2D eigenvalue weighted by molar-refractivity contribution is 0.355. The standard InChI is InChI=1S/C24H32N2O5S2/c1-6-16(11-12-25-33(5,28)29)7-9-18-14-19-23(32-18)20(15-26(2)24(19)27)17-8-10-21(30-3)22(13-17)31-4/h8,10,13-16,25H,6-7,9,11-12H2,1-5H3. The van der Waals surface area contributed by atoms with Crippen LogP contribution in [0, 0.1) is 5.92 Å². The molecule has 9 heteroatoms. The summed E-state index contributed by atoms with van der Waals surface area (Å²) in [5, 5.41) is 0.719. The fourth-order valence-electron chi connectivity index (χ4n) is 3.98. The van der Waals surface area contributed by atoms with Gasteiger partial charge < -0.3 is 14.0 Å². The van der Waals surface area contributed by atoms with Crippen molar-refractivity contribution in [1.29, 1.82) is 0 Å². The maximum Gasteiger partial charge on any atom is 0.259 e. The highest BCUT2D eigenvalue weighted by Gasteiger charge is 2.16. The second kappa shape index (κ2) is 10.7. The lowest BCUT2D eigenvalue weighted by Crippen LogP contribution is -2.24. The van der Waals surface area contributed by atoms with Crippen molar-refractivity contribution in [1.82, 2.24) is 9.29 Å². The van der Waals surface area contributed by atoms with Crippen LogP contribution >= 0.6 is 11.3 Å². The molecule has 0 aliphatic rings. The van der Waals surface area contributed by atoms with E-state index in [9.17, 15) is 13.2 Å². The first kappa shape index (κ1) is 25.3. The van der Waals surface area contributed by atoms with E-state index in [-0.39, 0.29) is 5.56 Å². The summed E-state index contributed by atoms with van der Waals surface area (Å²) in [5.74, 6) is 1.71. The number of hydrogen-bond donors (Lipinski definition) is 1. The molecule has 1 unspecified atom stereocenters. The van der Waals surface area contributed by atoms with Gasteiger partial charge in [0.1, 0.15) is 0 Å². The Balaban J connectivity index is 1.88. The Morgan fingerprint density at radius 3 is 2.48 bits per heavy atom. The van der Waals surface area contributed by atoms with Crippen molar-refractivity contribution in [2.45, 2.75) is 32.6 Å². The maximum absolute atomic E-state index is 12.8. The van der Waals surface area contributed by atoms with Gasteiger partial charge in [-0.1, -0.05) is 19.4 Å². The van der Waals surface area contributed by atoms with Crippen molar-refractivity contribution in [2.75, 3.05) is 27.0 Å². The molecule has 0 saturated carbocycles. The van der Waals surface area contributed by atoms with Crippen LogP contribution in [0.15, 0.2) is 35.3 Å². The molecule has 0 saturated heterocycles. The van der Waals surface area contributed by atoms with Crippen molar-refractivity contribution >= 4 is 31.4 Å². The predicted octanol–water partition coefficient (Wildman–Crippen LogP) is 4.18. The molecule has 1 atom stereocenters. The van der Waals surface area contributed by atoms with E-state index in [0.29, 0.717) is 24.0 Å². The van der Waals surface area contributed by atoms with Gasteiger partial charge in [-0.2, -0.15) is 0 Å². The number of thiophene rings is 1. The first-order valence-corrected chi connectivity index (χ1v) is 13.7. The van der Waals surface area contributed by atoms with E-state index in [4.69, 9.17) is 9.47 Å². The number of pyridine rings is 1. The number of rotatable bonds is 11. The highest BCUT2D eigenvalue weighted by molar-refractivity contribution is 7.88. The smallest absolute Gasteiger partial charge is 0.259 e. The van der Waals surface area contributed by atoms with Gasteiger partial charge in [0.25, 0.3) is 5.56 Å². The van der Waals surface area contributed by atoms with Crippen LogP contribution in [0.4, 0.5) is 0 Å². The van der Waals surface area contributed by atoms with E-state index in [0.717, 1.165) is 51.8 Å². The van der Waals surface area contributed by atoms with Crippen molar-refractivity contribution in [3.8, 4) is 22.6 Å². The molecule has 0 fully saturated rings. The third-order valence-corrected chi connectivity index (χ3v) is 7.85. The molecule has 0 radical (unpaired) electrons. The van der Waals surface area contributed by atoms with Gasteiger partial charge in [-0.3, -0.25) is 4.79 Å². The normalized spacial score (nSPS) is 12.8. The Kier molecular flexibility index (Phi) is 8.20. The third-order valence-electron chi connectivity index (χ3n) is 5.89. The Labute approximate surface area is 199 Å². The van der Waals surface area contributed by atoms with Gasteiger partial charge >= 0.3 is 0 Å². The average molecular weight is 493 g/mol. The van der Waals surface area contributed by atoms with Gasteiger partial charge in [0.15, 0.2) is 11.5 Å². The van der Waals surface area contributed by atoms with Crippen LogP contribution in [0.25, 0.3) is 21.2 Å². The molecule has 2 heterocycles. The Morgan fingerprint density at radius 2 is 1.85 bits per heavy atom. The molecule has 0 aliphatic carbocycles. The van der Waals surface area contributed by atoms with Gasteiger partial charge in [0.05, 0.1) is 25.9 Å². The number of fused-ring (bicyclic) bond motifs is 1. The largest absolute Gasteiger partial charge is 0.493 e. The second-order valence-electron chi connectivity index (χ2n) is 8.25. The molecule has 3 aromatic rings. The molecule has 0 bridgehead atoms. The number of ether oxygens (including phenoxy) is 2. The second-order valence-corrected chi connectivity index (χ2v) is 11.2. The minimum absolute atomic E-state index is 0.0129. The van der Waals surface area contributed by atoms with Crippen molar-refractivity contribution in [3.63, 3.8) is 0 Å². The third kappa shape index (κ3) is 6.16. The number of aryl methyl sites for hydroxylation is 2. The zero-order valence-corrected chi connectivity index (χ0v) is 21.4. The van der Waals surface area contributed by atoms with Crippen LogP contribution in [0.1, 0.15) is 31.1 Å². The molecule has 0 aliphatic heterocycles. The number of aromatic nitrogens is 1. The minimum Gasteiger partial charge on any atom is -0.493 e. The van der Waals surface area contributed by atoms with Crippen LogP contribution in [0.3, 0.4) is 0 Å². The summed E-state index contributed by atoms with van der Waals surface area (Å²) in [4.78, 5) is 14.0. The monoisotopic (exact) mass is 492 g/mol. The Bertz CT molecular complexity index is 1280. The zero-order chi connectivity index (χ0) is 24.2. The van der Waals surface area contributed by atoms with E-state index in [1.54, 1.807) is 37.2 Å². The van der Waals surface area contributed by atoms with E-state index in [2.05, 4.69) is 11.6 Å². The molecule has 1 aromatic carbocycles. The molecular formula is C24H32N2O5S2. The first-order chi connectivity index (χ1) is 15.7. The maximum atomic E-state index is 12.8. The molecule has 33 heavy (non-hydrogen) atoms. The molecule has 2 aromatic heterocycles. The minimum atomic E-state index is -3.16. The van der Waals surface area contributed by atoms with Gasteiger partial charge in [-0.25, -0.2) is 13.1 Å². The predicted molar refractivity (Wildman–Crippen MR) is 135 cm³/mol. The van der Waals surface area contributed by atoms with E-state index in [1.165, 1.54) is 6.26 Å². The summed E-state index contributed by atoms with van der Waals surface area (Å²) >= 11 is 1.65. The fourth-order valence-corrected chi connectivity index (χ4v) is 5.67. The first-order valence-electron chi connectivity index (χ1n) is 11.0. The van der Waals surface area contributed by atoms with Gasteiger partial charge in [0, 0.05) is 34.9 Å². The van der Waals surface area contributed by atoms with Crippen LogP contribution in [0.2, 0.25) is 0 Å². The SMILES string of the molecule is CCC(CCNS(C)(=O)=O)CCc1cc2c(=O)n(C)cc(-c3ccc(OC)c(OC)c3)c2s1. The lowest BCUT2D eigenvalue weighted by Gasteiger charge is -2.14. The summed E-state index contributed by atoms with van der Waals surface area (Å²) < 4.78 is 38.6. The molecular weight excluding hydrogens is 460 g/mol. The van der Waals surface area contributed by atoms with E-state index >= 15 is 0 Å². The number of methoxy groups -OCH3 is 2. The molecule has 1 N–H and O–H groups in total. The van der Waals surface area contributed by atoms with Gasteiger partial charge in [-0.05, 0) is 48.9 Å². The van der Waals surface area contributed by atoms with Crippen LogP contribution in [-0.2, 0) is 23.5 Å². The van der Waals surface area contributed by atoms with E-state index < -0.39 is 10.0 Å². The number of benzene rings is 1. The summed E-state index contributed by atoms with van der Waals surface area (Å²) in [7, 11) is 1.82. The summed E-state index contributed by atoms with van der Waals surface area (Å²) in [6, 6.07) is 7.78. The fraction of sp³-hybridized carbons (Fsp3) is 0.458. The molecule has 7 nitrogen and oxygen atoms in total. The topological polar surface area (TPSA) is 86.6 Å². The van der Waals surface area contributed by atoms with Gasteiger partial charge in [0.2, 0.25) is 10.0 Å². The molecule has 0 spiro atoms. The zero-order valence-electron chi connectivity index (χ0n) is 19.8. The summed E-state index contributed by atoms with van der Waals surface area (Å²) in [5.41, 5.74) is 1.93. The number of sulfonamides is 1. The Hall–Kier alpha value is -2.36. The quantitative estimate of drug-likeness (QED) is 0.434. The van der Waals surface area contributed by atoms with Crippen LogP contribution in [0.5, 0.6) is 11.5 Å². The Morgan fingerprint density at radius 1 is 1.12 bits per heavy atom.